The van der Waals surface area contributed by atoms with Crippen molar-refractivity contribution in [2.24, 2.45) is 11.8 Å². The van der Waals surface area contributed by atoms with Crippen LogP contribution in [0.5, 0.6) is 11.5 Å². The maximum absolute atomic E-state index is 9.72. The number of rotatable bonds is 8. The average molecular weight is 381 g/mol. The molecule has 1 saturated carbocycles. The maximum Gasteiger partial charge on any atom is 0.115 e. The molecule has 2 aromatic carbocycles. The molecule has 2 unspecified atom stereocenters. The first kappa shape index (κ1) is 20.8. The van der Waals surface area contributed by atoms with Gasteiger partial charge < -0.3 is 10.2 Å². The summed E-state index contributed by atoms with van der Waals surface area (Å²) in [5.41, 5.74) is 2.77. The van der Waals surface area contributed by atoms with Crippen molar-refractivity contribution in [3.63, 3.8) is 0 Å². The minimum absolute atomic E-state index is 0.353. The molecule has 0 saturated heterocycles. The van der Waals surface area contributed by atoms with Gasteiger partial charge in [-0.05, 0) is 91.2 Å². The van der Waals surface area contributed by atoms with Crippen LogP contribution in [0.4, 0.5) is 0 Å². The zero-order valence-electron chi connectivity index (χ0n) is 17.5. The van der Waals surface area contributed by atoms with Crippen molar-refractivity contribution in [1.82, 2.24) is 0 Å². The summed E-state index contributed by atoms with van der Waals surface area (Å²) in [4.78, 5) is 0. The van der Waals surface area contributed by atoms with Gasteiger partial charge in [-0.3, -0.25) is 0 Å². The Kier molecular flexibility index (Phi) is 7.42. The van der Waals surface area contributed by atoms with Crippen molar-refractivity contribution in [2.75, 3.05) is 0 Å². The van der Waals surface area contributed by atoms with Crippen LogP contribution in [-0.4, -0.2) is 10.2 Å². The standard InChI is InChI=1S/C26H36O2/c1-3-5-19(4-2)18-26(23-12-16-25(28)17-13-23)22-8-6-20(7-9-22)21-10-14-24(27)15-11-21/h10-17,19-20,22,26-28H,3-9,18H2,1-2H3. The fourth-order valence-corrected chi connectivity index (χ4v) is 5.18. The molecule has 0 aromatic heterocycles. The molecule has 0 aliphatic heterocycles. The minimum atomic E-state index is 0.353. The third-order valence-electron chi connectivity index (χ3n) is 6.89. The zero-order valence-corrected chi connectivity index (χ0v) is 17.5. The van der Waals surface area contributed by atoms with E-state index in [0.29, 0.717) is 23.3 Å². The van der Waals surface area contributed by atoms with E-state index in [0.717, 1.165) is 11.8 Å². The molecule has 1 fully saturated rings. The summed E-state index contributed by atoms with van der Waals surface area (Å²) in [5, 5.41) is 19.3. The SMILES string of the molecule is CCCC(CC)CC(c1ccc(O)cc1)C1CCC(c2ccc(O)cc2)CC1. The van der Waals surface area contributed by atoms with Crippen molar-refractivity contribution < 1.29 is 10.2 Å². The molecule has 28 heavy (non-hydrogen) atoms. The number of hydrogen-bond acceptors (Lipinski definition) is 2. The van der Waals surface area contributed by atoms with Crippen LogP contribution in [0.1, 0.15) is 88.2 Å². The summed E-state index contributed by atoms with van der Waals surface area (Å²) in [6, 6.07) is 15.8. The Hall–Kier alpha value is -1.96. The van der Waals surface area contributed by atoms with Gasteiger partial charge in [0, 0.05) is 0 Å². The van der Waals surface area contributed by atoms with Crippen molar-refractivity contribution in [3.8, 4) is 11.5 Å². The Morgan fingerprint density at radius 1 is 0.821 bits per heavy atom. The van der Waals surface area contributed by atoms with Crippen LogP contribution in [0.2, 0.25) is 0 Å². The van der Waals surface area contributed by atoms with Crippen LogP contribution in [0.3, 0.4) is 0 Å². The first-order chi connectivity index (χ1) is 13.6. The Morgan fingerprint density at radius 3 is 1.93 bits per heavy atom. The Bertz CT molecular complexity index is 696. The van der Waals surface area contributed by atoms with Gasteiger partial charge in [0.15, 0.2) is 0 Å². The highest BCUT2D eigenvalue weighted by Crippen LogP contribution is 2.45. The first-order valence-electron chi connectivity index (χ1n) is 11.2. The van der Waals surface area contributed by atoms with Crippen LogP contribution >= 0.6 is 0 Å². The summed E-state index contributed by atoms with van der Waals surface area (Å²) >= 11 is 0. The lowest BCUT2D eigenvalue weighted by molar-refractivity contribution is 0.244. The summed E-state index contributed by atoms with van der Waals surface area (Å²) in [6.45, 7) is 4.62. The topological polar surface area (TPSA) is 40.5 Å². The number of phenolic OH excluding ortho intramolecular Hbond substituents is 2. The number of hydrogen-bond donors (Lipinski definition) is 2. The summed E-state index contributed by atoms with van der Waals surface area (Å²) < 4.78 is 0. The Balaban J connectivity index is 1.71. The van der Waals surface area contributed by atoms with E-state index in [1.165, 1.54) is 62.5 Å². The fourth-order valence-electron chi connectivity index (χ4n) is 5.18. The van der Waals surface area contributed by atoms with Gasteiger partial charge in [-0.2, -0.15) is 0 Å². The monoisotopic (exact) mass is 380 g/mol. The van der Waals surface area contributed by atoms with E-state index in [-0.39, 0.29) is 0 Å². The molecule has 2 heteroatoms. The van der Waals surface area contributed by atoms with Crippen LogP contribution in [0.15, 0.2) is 48.5 Å². The normalized spacial score (nSPS) is 21.9. The predicted octanol–water partition coefficient (Wildman–Crippen LogP) is 7.37. The largest absolute Gasteiger partial charge is 0.508 e. The molecule has 1 aliphatic carbocycles. The smallest absolute Gasteiger partial charge is 0.115 e. The highest BCUT2D eigenvalue weighted by molar-refractivity contribution is 5.30. The lowest BCUT2D eigenvalue weighted by atomic mass is 9.69. The highest BCUT2D eigenvalue weighted by Gasteiger charge is 2.30. The highest BCUT2D eigenvalue weighted by atomic mass is 16.3. The lowest BCUT2D eigenvalue weighted by Gasteiger charge is -2.36. The molecular weight excluding hydrogens is 344 g/mol. The van der Waals surface area contributed by atoms with Crippen LogP contribution < -0.4 is 0 Å². The number of phenols is 2. The van der Waals surface area contributed by atoms with E-state index in [9.17, 15) is 10.2 Å². The fraction of sp³-hybridized carbons (Fsp3) is 0.538. The average Bonchev–Trinajstić information content (AvgIpc) is 2.73. The second-order valence-corrected chi connectivity index (χ2v) is 8.70. The second kappa shape index (κ2) is 10.0. The van der Waals surface area contributed by atoms with Gasteiger partial charge in [0.1, 0.15) is 11.5 Å². The first-order valence-corrected chi connectivity index (χ1v) is 11.2. The molecule has 0 bridgehead atoms. The molecule has 0 heterocycles. The summed E-state index contributed by atoms with van der Waals surface area (Å²) in [7, 11) is 0. The van der Waals surface area contributed by atoms with Gasteiger partial charge in [-0.15, -0.1) is 0 Å². The molecular formula is C26H36O2. The summed E-state index contributed by atoms with van der Waals surface area (Å²) in [5.74, 6) is 3.45. The summed E-state index contributed by atoms with van der Waals surface area (Å²) in [6.07, 6.45) is 10.1. The molecule has 2 N–H and O–H groups in total. The number of benzene rings is 2. The van der Waals surface area contributed by atoms with Gasteiger partial charge >= 0.3 is 0 Å². The van der Waals surface area contributed by atoms with E-state index in [4.69, 9.17) is 0 Å². The second-order valence-electron chi connectivity index (χ2n) is 8.70. The van der Waals surface area contributed by atoms with Gasteiger partial charge in [0.2, 0.25) is 0 Å². The van der Waals surface area contributed by atoms with E-state index in [1.807, 2.05) is 24.3 Å². The molecule has 2 aromatic rings. The Morgan fingerprint density at radius 2 is 1.39 bits per heavy atom. The van der Waals surface area contributed by atoms with Crippen LogP contribution in [0, 0.1) is 11.8 Å². The van der Waals surface area contributed by atoms with Gasteiger partial charge in [0.05, 0.1) is 0 Å². The molecule has 0 amide bonds. The molecule has 3 rings (SSSR count). The van der Waals surface area contributed by atoms with E-state index in [1.54, 1.807) is 0 Å². The van der Waals surface area contributed by atoms with Crippen molar-refractivity contribution in [1.29, 1.82) is 0 Å². The molecule has 152 valence electrons. The lowest BCUT2D eigenvalue weighted by Crippen LogP contribution is -2.22. The maximum atomic E-state index is 9.72. The van der Waals surface area contributed by atoms with Gasteiger partial charge in [-0.25, -0.2) is 0 Å². The van der Waals surface area contributed by atoms with Gasteiger partial charge in [0.25, 0.3) is 0 Å². The van der Waals surface area contributed by atoms with E-state index in [2.05, 4.69) is 38.1 Å². The van der Waals surface area contributed by atoms with Crippen LogP contribution in [-0.2, 0) is 0 Å². The van der Waals surface area contributed by atoms with Crippen molar-refractivity contribution in [3.05, 3.63) is 59.7 Å². The van der Waals surface area contributed by atoms with Crippen molar-refractivity contribution >= 4 is 0 Å². The molecule has 2 nitrogen and oxygen atoms in total. The molecule has 2 atom stereocenters. The zero-order chi connectivity index (χ0) is 19.9. The Labute approximate surface area is 170 Å². The quantitative estimate of drug-likeness (QED) is 0.502. The number of aromatic hydroxyl groups is 2. The van der Waals surface area contributed by atoms with E-state index >= 15 is 0 Å². The minimum Gasteiger partial charge on any atom is -0.508 e. The molecule has 0 radical (unpaired) electrons. The third-order valence-corrected chi connectivity index (χ3v) is 6.89. The van der Waals surface area contributed by atoms with Crippen LogP contribution in [0.25, 0.3) is 0 Å². The predicted molar refractivity (Wildman–Crippen MR) is 117 cm³/mol. The molecule has 0 spiro atoms. The van der Waals surface area contributed by atoms with Crippen molar-refractivity contribution in [2.45, 2.75) is 77.0 Å². The van der Waals surface area contributed by atoms with Gasteiger partial charge in [-0.1, -0.05) is 57.4 Å². The molecule has 1 aliphatic rings. The van der Waals surface area contributed by atoms with E-state index < -0.39 is 0 Å². The third kappa shape index (κ3) is 5.31.